The van der Waals surface area contributed by atoms with Crippen molar-refractivity contribution in [1.82, 2.24) is 7.76 Å². The smallest absolute Gasteiger partial charge is 0.275 e. The van der Waals surface area contributed by atoms with Crippen LogP contribution in [0, 0.1) is 6.92 Å². The van der Waals surface area contributed by atoms with E-state index in [-0.39, 0.29) is 5.56 Å². The summed E-state index contributed by atoms with van der Waals surface area (Å²) in [6.45, 7) is 1.74. The van der Waals surface area contributed by atoms with E-state index >= 15 is 0 Å². The van der Waals surface area contributed by atoms with Gasteiger partial charge in [0.05, 0.1) is 22.9 Å². The summed E-state index contributed by atoms with van der Waals surface area (Å²) in [4.78, 5) is 14.2. The standard InChI is InChI=1S/C5H5IN2O/c1-4-2-8(6)3-7-5(4)9/h2-3H,1H3. The molecule has 0 saturated heterocycles. The van der Waals surface area contributed by atoms with E-state index in [0.717, 1.165) is 0 Å². The minimum atomic E-state index is -0.150. The maximum atomic E-state index is 10.6. The lowest BCUT2D eigenvalue weighted by atomic mass is 10.4. The Hall–Kier alpha value is -0.390. The summed E-state index contributed by atoms with van der Waals surface area (Å²) in [6, 6.07) is 0. The molecule has 3 nitrogen and oxygen atoms in total. The average Bonchev–Trinajstić information content (AvgIpc) is 1.80. The Bertz CT molecular complexity index is 268. The summed E-state index contributed by atoms with van der Waals surface area (Å²) in [7, 11) is 0. The fraction of sp³-hybridized carbons (Fsp3) is 0.200. The van der Waals surface area contributed by atoms with Crippen molar-refractivity contribution < 1.29 is 0 Å². The van der Waals surface area contributed by atoms with Gasteiger partial charge in [-0.1, -0.05) is 0 Å². The van der Waals surface area contributed by atoms with Crippen LogP contribution in [0.25, 0.3) is 0 Å². The summed E-state index contributed by atoms with van der Waals surface area (Å²) in [5.41, 5.74) is 0.523. The van der Waals surface area contributed by atoms with Crippen LogP contribution in [0.1, 0.15) is 5.56 Å². The van der Waals surface area contributed by atoms with Crippen molar-refractivity contribution in [2.75, 3.05) is 0 Å². The molecule has 0 N–H and O–H groups in total. The molecule has 0 radical (unpaired) electrons. The van der Waals surface area contributed by atoms with Gasteiger partial charge in [0.15, 0.2) is 0 Å². The van der Waals surface area contributed by atoms with E-state index < -0.39 is 0 Å². The highest BCUT2D eigenvalue weighted by Gasteiger charge is 1.90. The lowest BCUT2D eigenvalue weighted by Gasteiger charge is -1.91. The second-order valence-corrected chi connectivity index (χ2v) is 2.82. The third-order valence-electron chi connectivity index (χ3n) is 0.940. The van der Waals surface area contributed by atoms with E-state index in [1.165, 1.54) is 6.33 Å². The molecular formula is C5H5IN2O. The molecule has 0 aliphatic heterocycles. The number of aryl methyl sites for hydroxylation is 1. The second kappa shape index (κ2) is 2.47. The summed E-state index contributed by atoms with van der Waals surface area (Å²) in [5.74, 6) is 0. The van der Waals surface area contributed by atoms with Gasteiger partial charge in [-0.2, -0.15) is 4.98 Å². The number of aromatic nitrogens is 2. The molecule has 4 heteroatoms. The Morgan fingerprint density at radius 2 is 2.44 bits per heavy atom. The molecule has 1 aromatic rings. The molecule has 0 fully saturated rings. The molecule has 0 bridgehead atoms. The van der Waals surface area contributed by atoms with Crippen molar-refractivity contribution in [3.63, 3.8) is 0 Å². The molecule has 1 rings (SSSR count). The van der Waals surface area contributed by atoms with Crippen molar-refractivity contribution >= 4 is 22.9 Å². The van der Waals surface area contributed by atoms with Gasteiger partial charge in [0, 0.05) is 11.8 Å². The van der Waals surface area contributed by atoms with Crippen LogP contribution in [0.2, 0.25) is 0 Å². The van der Waals surface area contributed by atoms with Crippen molar-refractivity contribution in [2.45, 2.75) is 6.92 Å². The SMILES string of the molecule is Cc1cn(I)cnc1=O. The summed E-state index contributed by atoms with van der Waals surface area (Å²) in [6.07, 6.45) is 3.21. The maximum absolute atomic E-state index is 10.6. The minimum Gasteiger partial charge on any atom is -0.280 e. The molecule has 0 atom stereocenters. The predicted octanol–water partition coefficient (Wildman–Crippen LogP) is 0.750. The van der Waals surface area contributed by atoms with Crippen molar-refractivity contribution in [3.05, 3.63) is 28.4 Å². The van der Waals surface area contributed by atoms with Crippen LogP contribution in [0.15, 0.2) is 17.3 Å². The quantitative estimate of drug-likeness (QED) is 0.623. The highest BCUT2D eigenvalue weighted by molar-refractivity contribution is 14.1. The van der Waals surface area contributed by atoms with Crippen LogP contribution in [-0.2, 0) is 0 Å². The van der Waals surface area contributed by atoms with Gasteiger partial charge in [0.25, 0.3) is 5.56 Å². The van der Waals surface area contributed by atoms with E-state index in [0.29, 0.717) is 5.56 Å². The maximum Gasteiger partial charge on any atom is 0.275 e. The Morgan fingerprint density at radius 1 is 1.78 bits per heavy atom. The Labute approximate surface area is 66.2 Å². The van der Waals surface area contributed by atoms with Crippen molar-refractivity contribution in [1.29, 1.82) is 0 Å². The number of nitrogens with zero attached hydrogens (tertiary/aromatic N) is 2. The van der Waals surface area contributed by atoms with Crippen molar-refractivity contribution in [3.8, 4) is 0 Å². The molecule has 0 aliphatic rings. The first-order valence-corrected chi connectivity index (χ1v) is 3.37. The second-order valence-electron chi connectivity index (χ2n) is 1.71. The van der Waals surface area contributed by atoms with Crippen LogP contribution in [-0.4, -0.2) is 7.76 Å². The lowest BCUT2D eigenvalue weighted by molar-refractivity contribution is 1.06. The molecule has 1 heterocycles. The molecule has 0 spiro atoms. The number of rotatable bonds is 0. The predicted molar refractivity (Wildman–Crippen MR) is 42.7 cm³/mol. The number of hydrogen-bond donors (Lipinski definition) is 0. The molecule has 9 heavy (non-hydrogen) atoms. The van der Waals surface area contributed by atoms with Gasteiger partial charge in [-0.15, -0.1) is 0 Å². The van der Waals surface area contributed by atoms with E-state index in [4.69, 9.17) is 0 Å². The largest absolute Gasteiger partial charge is 0.280 e. The Morgan fingerprint density at radius 3 is 2.89 bits per heavy atom. The molecular weight excluding hydrogens is 231 g/mol. The van der Waals surface area contributed by atoms with E-state index in [1.807, 2.05) is 22.9 Å². The first kappa shape index (κ1) is 6.73. The first-order chi connectivity index (χ1) is 4.20. The van der Waals surface area contributed by atoms with Gasteiger partial charge in [-0.3, -0.25) is 7.58 Å². The monoisotopic (exact) mass is 236 g/mol. The minimum absolute atomic E-state index is 0.150. The normalized spacial score (nSPS) is 9.56. The zero-order chi connectivity index (χ0) is 6.85. The molecule has 0 aromatic carbocycles. The fourth-order valence-corrected chi connectivity index (χ4v) is 1.03. The third kappa shape index (κ3) is 1.51. The summed E-state index contributed by atoms with van der Waals surface area (Å²) in [5, 5.41) is 0. The molecule has 0 unspecified atom stereocenters. The summed E-state index contributed by atoms with van der Waals surface area (Å²) < 4.78 is 1.72. The van der Waals surface area contributed by atoms with Crippen LogP contribution < -0.4 is 5.56 Å². The van der Waals surface area contributed by atoms with Crippen LogP contribution >= 0.6 is 22.9 Å². The molecule has 0 amide bonds. The molecule has 1 aromatic heterocycles. The topological polar surface area (TPSA) is 34.9 Å². The van der Waals surface area contributed by atoms with Gasteiger partial charge in [0.2, 0.25) is 0 Å². The number of hydrogen-bond acceptors (Lipinski definition) is 2. The summed E-state index contributed by atoms with van der Waals surface area (Å²) >= 11 is 2.04. The Kier molecular flexibility index (Phi) is 1.84. The Balaban J connectivity index is 3.34. The highest BCUT2D eigenvalue weighted by atomic mass is 127. The number of halogens is 1. The van der Waals surface area contributed by atoms with Crippen LogP contribution in [0.4, 0.5) is 0 Å². The zero-order valence-electron chi connectivity index (χ0n) is 4.84. The first-order valence-electron chi connectivity index (χ1n) is 2.41. The van der Waals surface area contributed by atoms with Gasteiger partial charge < -0.3 is 0 Å². The molecule has 0 aliphatic carbocycles. The van der Waals surface area contributed by atoms with Gasteiger partial charge in [-0.05, 0) is 6.92 Å². The van der Waals surface area contributed by atoms with E-state index in [2.05, 4.69) is 4.98 Å². The molecule has 0 saturated carbocycles. The zero-order valence-corrected chi connectivity index (χ0v) is 6.99. The lowest BCUT2D eigenvalue weighted by Crippen LogP contribution is -2.09. The van der Waals surface area contributed by atoms with Crippen molar-refractivity contribution in [2.24, 2.45) is 0 Å². The van der Waals surface area contributed by atoms with Gasteiger partial charge in [-0.25, -0.2) is 0 Å². The van der Waals surface area contributed by atoms with Crippen LogP contribution in [0.3, 0.4) is 0 Å². The van der Waals surface area contributed by atoms with E-state index in [9.17, 15) is 4.79 Å². The highest BCUT2D eigenvalue weighted by Crippen LogP contribution is 1.91. The third-order valence-corrected chi connectivity index (χ3v) is 1.47. The van der Waals surface area contributed by atoms with Crippen LogP contribution in [0.5, 0.6) is 0 Å². The van der Waals surface area contributed by atoms with Gasteiger partial charge >= 0.3 is 0 Å². The van der Waals surface area contributed by atoms with E-state index in [1.54, 1.807) is 15.9 Å². The van der Waals surface area contributed by atoms with Gasteiger partial charge in [0.1, 0.15) is 6.33 Å². The average molecular weight is 236 g/mol. The molecule has 48 valence electrons. The fourth-order valence-electron chi connectivity index (χ4n) is 0.483.